The number of benzene rings is 1. The second-order valence-corrected chi connectivity index (χ2v) is 8.11. The number of nitrogens with one attached hydrogen (secondary N) is 1. The van der Waals surface area contributed by atoms with Crippen LogP contribution in [-0.2, 0) is 15.8 Å². The van der Waals surface area contributed by atoms with Crippen molar-refractivity contribution in [1.82, 2.24) is 9.62 Å². The summed E-state index contributed by atoms with van der Waals surface area (Å²) in [6.45, 7) is 8.08. The number of hydrogen-bond donors (Lipinski definition) is 1. The average molecular weight is 326 g/mol. The summed E-state index contributed by atoms with van der Waals surface area (Å²) in [5, 5.41) is 0. The molecular weight excluding hydrogens is 300 g/mol. The van der Waals surface area contributed by atoms with E-state index in [9.17, 15) is 8.42 Å². The smallest absolute Gasteiger partial charge is 0.216 e. The van der Waals surface area contributed by atoms with Crippen molar-refractivity contribution in [2.45, 2.75) is 38.6 Å². The van der Waals surface area contributed by atoms with Gasteiger partial charge in [0.25, 0.3) is 0 Å². The van der Waals surface area contributed by atoms with Crippen molar-refractivity contribution in [3.63, 3.8) is 0 Å². The molecule has 1 N–H and O–H groups in total. The van der Waals surface area contributed by atoms with Gasteiger partial charge in [-0.3, -0.25) is 4.90 Å². The van der Waals surface area contributed by atoms with Crippen LogP contribution in [0.5, 0.6) is 5.75 Å². The predicted molar refractivity (Wildman–Crippen MR) is 88.4 cm³/mol. The van der Waals surface area contributed by atoms with Crippen LogP contribution in [0, 0.1) is 5.92 Å². The summed E-state index contributed by atoms with van der Waals surface area (Å²) in [7, 11) is -1.78. The largest absolute Gasteiger partial charge is 0.497 e. The van der Waals surface area contributed by atoms with Crippen molar-refractivity contribution in [3.05, 3.63) is 29.8 Å². The molecule has 0 aromatic heterocycles. The number of nitrogens with zero attached hydrogens (tertiary/aromatic N) is 1. The molecule has 2 atom stereocenters. The fraction of sp³-hybridized carbons (Fsp3) is 0.625. The van der Waals surface area contributed by atoms with Gasteiger partial charge in [0.05, 0.1) is 12.9 Å². The molecule has 1 fully saturated rings. The van der Waals surface area contributed by atoms with Crippen LogP contribution in [0.3, 0.4) is 0 Å². The van der Waals surface area contributed by atoms with Crippen molar-refractivity contribution in [1.29, 1.82) is 0 Å². The molecule has 1 saturated heterocycles. The zero-order chi connectivity index (χ0) is 16.3. The van der Waals surface area contributed by atoms with Crippen molar-refractivity contribution in [3.8, 4) is 5.75 Å². The van der Waals surface area contributed by atoms with Gasteiger partial charge in [0, 0.05) is 25.2 Å². The van der Waals surface area contributed by atoms with Crippen LogP contribution in [-0.4, -0.2) is 45.6 Å². The van der Waals surface area contributed by atoms with Crippen LogP contribution < -0.4 is 9.46 Å². The van der Waals surface area contributed by atoms with E-state index in [1.54, 1.807) is 19.2 Å². The minimum absolute atomic E-state index is 0.0157. The summed E-state index contributed by atoms with van der Waals surface area (Å²) in [6.07, 6.45) is 0. The normalized spacial score (nSPS) is 23.1. The molecule has 1 aromatic carbocycles. The lowest BCUT2D eigenvalue weighted by molar-refractivity contribution is 0.265. The maximum absolute atomic E-state index is 12.4. The predicted octanol–water partition coefficient (Wildman–Crippen LogP) is 1.84. The van der Waals surface area contributed by atoms with Gasteiger partial charge in [0.2, 0.25) is 10.0 Å². The molecule has 6 heteroatoms. The quantitative estimate of drug-likeness (QED) is 0.867. The van der Waals surface area contributed by atoms with Crippen molar-refractivity contribution in [2.75, 3.05) is 20.2 Å². The highest BCUT2D eigenvalue weighted by atomic mass is 32.2. The van der Waals surface area contributed by atoms with Crippen molar-refractivity contribution in [2.24, 2.45) is 5.92 Å². The van der Waals surface area contributed by atoms with E-state index in [0.717, 1.165) is 18.7 Å². The van der Waals surface area contributed by atoms with Gasteiger partial charge < -0.3 is 4.74 Å². The topological polar surface area (TPSA) is 58.6 Å². The number of methoxy groups -OCH3 is 1. The Balaban J connectivity index is 2.02. The number of likely N-dealkylation sites (tertiary alicyclic amines) is 1. The highest BCUT2D eigenvalue weighted by Gasteiger charge is 2.33. The van der Waals surface area contributed by atoms with Gasteiger partial charge in [-0.1, -0.05) is 19.1 Å². The fourth-order valence-corrected chi connectivity index (χ4v) is 4.30. The average Bonchev–Trinajstić information content (AvgIpc) is 2.79. The Hall–Kier alpha value is -1.11. The maximum Gasteiger partial charge on any atom is 0.216 e. The summed E-state index contributed by atoms with van der Waals surface area (Å²) in [5.74, 6) is 0.977. The lowest BCUT2D eigenvalue weighted by Crippen LogP contribution is -2.41. The summed E-state index contributed by atoms with van der Waals surface area (Å²) in [4.78, 5) is 2.31. The molecule has 1 aliphatic rings. The lowest BCUT2D eigenvalue weighted by Gasteiger charge is -2.20. The van der Waals surface area contributed by atoms with Crippen LogP contribution >= 0.6 is 0 Å². The van der Waals surface area contributed by atoms with Crippen LogP contribution in [0.25, 0.3) is 0 Å². The molecule has 22 heavy (non-hydrogen) atoms. The molecule has 1 aromatic rings. The van der Waals surface area contributed by atoms with Gasteiger partial charge in [0.1, 0.15) is 5.75 Å². The molecule has 0 unspecified atom stereocenters. The molecule has 0 amide bonds. The van der Waals surface area contributed by atoms with E-state index < -0.39 is 10.0 Å². The zero-order valence-corrected chi connectivity index (χ0v) is 14.6. The highest BCUT2D eigenvalue weighted by Crippen LogP contribution is 2.20. The van der Waals surface area contributed by atoms with E-state index in [0.29, 0.717) is 17.7 Å². The first kappa shape index (κ1) is 17.2. The van der Waals surface area contributed by atoms with E-state index in [2.05, 4.69) is 30.4 Å². The number of ether oxygens (including phenoxy) is 1. The van der Waals surface area contributed by atoms with E-state index in [1.165, 1.54) is 0 Å². The molecular formula is C16H26N2O3S. The Labute approximate surface area is 133 Å². The first-order chi connectivity index (χ1) is 10.3. The second kappa shape index (κ2) is 6.98. The summed E-state index contributed by atoms with van der Waals surface area (Å²) < 4.78 is 32.8. The van der Waals surface area contributed by atoms with Crippen molar-refractivity contribution < 1.29 is 13.2 Å². The first-order valence-corrected chi connectivity index (χ1v) is 9.33. The lowest BCUT2D eigenvalue weighted by atomic mass is 10.1. The van der Waals surface area contributed by atoms with Gasteiger partial charge >= 0.3 is 0 Å². The molecule has 0 saturated carbocycles. The van der Waals surface area contributed by atoms with Gasteiger partial charge in [0.15, 0.2) is 0 Å². The van der Waals surface area contributed by atoms with Crippen LogP contribution in [0.15, 0.2) is 24.3 Å². The first-order valence-electron chi connectivity index (χ1n) is 7.67. The molecule has 0 aliphatic carbocycles. The van der Waals surface area contributed by atoms with Gasteiger partial charge in [-0.25, -0.2) is 13.1 Å². The SMILES string of the molecule is COc1cccc(CS(=O)(=O)N[C@@H]2CN(C(C)C)C[C@H]2C)c1. The van der Waals surface area contributed by atoms with Gasteiger partial charge in [-0.2, -0.15) is 0 Å². The Kier molecular flexibility index (Phi) is 5.47. The van der Waals surface area contributed by atoms with E-state index >= 15 is 0 Å². The summed E-state index contributed by atoms with van der Waals surface area (Å²) in [6, 6.07) is 7.61. The second-order valence-electron chi connectivity index (χ2n) is 6.36. The maximum atomic E-state index is 12.4. The number of sulfonamides is 1. The standard InChI is InChI=1S/C16H26N2O3S/c1-12(2)18-9-13(3)16(10-18)17-22(19,20)11-14-6-5-7-15(8-14)21-4/h5-8,12-13,16-17H,9-11H2,1-4H3/t13-,16-/m1/s1. The molecule has 0 spiro atoms. The van der Waals surface area contributed by atoms with Gasteiger partial charge in [-0.15, -0.1) is 0 Å². The Bertz CT molecular complexity index is 601. The van der Waals surface area contributed by atoms with Crippen LogP contribution in [0.1, 0.15) is 26.3 Å². The fourth-order valence-electron chi connectivity index (χ4n) is 2.83. The van der Waals surface area contributed by atoms with E-state index in [4.69, 9.17) is 4.74 Å². The van der Waals surface area contributed by atoms with E-state index in [-0.39, 0.29) is 11.8 Å². The summed E-state index contributed by atoms with van der Waals surface area (Å²) in [5.41, 5.74) is 0.734. The molecule has 2 rings (SSSR count). The third-order valence-electron chi connectivity index (χ3n) is 4.19. The number of rotatable bonds is 6. The van der Waals surface area contributed by atoms with Crippen molar-refractivity contribution >= 4 is 10.0 Å². The minimum atomic E-state index is -3.36. The third kappa shape index (κ3) is 4.44. The van der Waals surface area contributed by atoms with Crippen LogP contribution in [0.2, 0.25) is 0 Å². The number of hydrogen-bond acceptors (Lipinski definition) is 4. The minimum Gasteiger partial charge on any atom is -0.497 e. The van der Waals surface area contributed by atoms with Gasteiger partial charge in [-0.05, 0) is 37.5 Å². The van der Waals surface area contributed by atoms with E-state index in [1.807, 2.05) is 12.1 Å². The molecule has 124 valence electrons. The monoisotopic (exact) mass is 326 g/mol. The molecule has 5 nitrogen and oxygen atoms in total. The highest BCUT2D eigenvalue weighted by molar-refractivity contribution is 7.88. The molecule has 1 aliphatic heterocycles. The Morgan fingerprint density at radius 2 is 2.09 bits per heavy atom. The third-order valence-corrected chi connectivity index (χ3v) is 5.57. The van der Waals surface area contributed by atoms with Crippen LogP contribution in [0.4, 0.5) is 0 Å². The molecule has 0 bridgehead atoms. The summed E-state index contributed by atoms with van der Waals surface area (Å²) >= 11 is 0. The Morgan fingerprint density at radius 1 is 1.36 bits per heavy atom. The zero-order valence-electron chi connectivity index (χ0n) is 13.7. The molecule has 0 radical (unpaired) electrons. The molecule has 1 heterocycles. The Morgan fingerprint density at radius 3 is 2.68 bits per heavy atom.